The lowest BCUT2D eigenvalue weighted by atomic mass is 9.70. The average molecular weight is 265 g/mol. The molecule has 2 aromatic rings. The fraction of sp³-hybridized carbons (Fsp3) is 0.294. The van der Waals surface area contributed by atoms with E-state index in [4.69, 9.17) is 9.15 Å². The number of nitrogens with one attached hydrogen (secondary N) is 1. The summed E-state index contributed by atoms with van der Waals surface area (Å²) in [5.41, 5.74) is 3.65. The molecule has 3 aliphatic rings. The molecule has 1 aliphatic carbocycles. The van der Waals surface area contributed by atoms with E-state index in [0.29, 0.717) is 5.92 Å². The van der Waals surface area contributed by atoms with Crippen LogP contribution in [0.25, 0.3) is 12.2 Å². The van der Waals surface area contributed by atoms with Gasteiger partial charge in [0.05, 0.1) is 19.0 Å². The van der Waals surface area contributed by atoms with Crippen molar-refractivity contribution >= 4 is 17.8 Å². The highest BCUT2D eigenvalue weighted by molar-refractivity contribution is 5.64. The van der Waals surface area contributed by atoms with Crippen LogP contribution in [-0.2, 0) is 10.2 Å². The molecule has 5 rings (SSSR count). The minimum atomic E-state index is 0.0622. The molecule has 1 aromatic heterocycles. The van der Waals surface area contributed by atoms with Gasteiger partial charge in [-0.1, -0.05) is 24.3 Å². The second-order valence-electron chi connectivity index (χ2n) is 5.93. The van der Waals surface area contributed by atoms with Gasteiger partial charge in [0.1, 0.15) is 5.42 Å². The van der Waals surface area contributed by atoms with Gasteiger partial charge in [0.25, 0.3) is 0 Å². The molecule has 20 heavy (non-hydrogen) atoms. The average Bonchev–Trinajstić information content (AvgIpc) is 3.17. The summed E-state index contributed by atoms with van der Waals surface area (Å²) in [5, 5.41) is 4.74. The lowest BCUT2D eigenvalue weighted by Crippen LogP contribution is -2.41. The Hall–Kier alpha value is -2.00. The molecule has 1 fully saturated rings. The SMILES string of the molecule is C1=c2ccoc2=CC2OCC3(CNc4ccccc43)C12. The molecule has 3 nitrogen and oxygen atoms in total. The number of rotatable bonds is 0. The largest absolute Gasteiger partial charge is 0.465 e. The third-order valence-corrected chi connectivity index (χ3v) is 4.99. The van der Waals surface area contributed by atoms with Gasteiger partial charge in [-0.3, -0.25) is 0 Å². The van der Waals surface area contributed by atoms with Crippen LogP contribution in [0.2, 0.25) is 0 Å². The fourth-order valence-electron chi connectivity index (χ4n) is 3.96. The van der Waals surface area contributed by atoms with Gasteiger partial charge >= 0.3 is 0 Å². The number of benzene rings is 1. The summed E-state index contributed by atoms with van der Waals surface area (Å²) >= 11 is 0. The number of para-hydroxylation sites is 1. The summed E-state index contributed by atoms with van der Waals surface area (Å²) in [6, 6.07) is 10.6. The van der Waals surface area contributed by atoms with Crippen LogP contribution in [0.15, 0.2) is 41.0 Å². The highest BCUT2D eigenvalue weighted by Gasteiger charge is 2.52. The fourth-order valence-corrected chi connectivity index (χ4v) is 3.96. The minimum Gasteiger partial charge on any atom is -0.465 e. The summed E-state index contributed by atoms with van der Waals surface area (Å²) in [6.45, 7) is 1.72. The van der Waals surface area contributed by atoms with Gasteiger partial charge in [-0.15, -0.1) is 0 Å². The number of hydrogen-bond acceptors (Lipinski definition) is 3. The third-order valence-electron chi connectivity index (χ3n) is 4.99. The van der Waals surface area contributed by atoms with Crippen LogP contribution >= 0.6 is 0 Å². The molecule has 1 aromatic carbocycles. The van der Waals surface area contributed by atoms with Crippen LogP contribution in [0.5, 0.6) is 0 Å². The van der Waals surface area contributed by atoms with Crippen LogP contribution < -0.4 is 16.0 Å². The summed E-state index contributed by atoms with van der Waals surface area (Å²) in [6.07, 6.45) is 6.35. The molecule has 3 heteroatoms. The molecule has 1 saturated heterocycles. The Morgan fingerprint density at radius 1 is 1.15 bits per heavy atom. The Bertz CT molecular complexity index is 806. The maximum atomic E-state index is 6.09. The third kappa shape index (κ3) is 1.19. The number of hydrogen-bond donors (Lipinski definition) is 1. The predicted molar refractivity (Wildman–Crippen MR) is 76.7 cm³/mol. The van der Waals surface area contributed by atoms with Crippen LogP contribution in [0.4, 0.5) is 5.69 Å². The first kappa shape index (κ1) is 10.7. The van der Waals surface area contributed by atoms with Crippen molar-refractivity contribution in [3.05, 3.63) is 52.8 Å². The zero-order valence-electron chi connectivity index (χ0n) is 11.0. The normalized spacial score (nSPS) is 32.8. The van der Waals surface area contributed by atoms with Gasteiger partial charge in [0.2, 0.25) is 0 Å². The first-order valence-corrected chi connectivity index (χ1v) is 7.09. The highest BCUT2D eigenvalue weighted by Crippen LogP contribution is 2.49. The van der Waals surface area contributed by atoms with Crippen molar-refractivity contribution < 1.29 is 9.15 Å². The molecular formula is C17H15NO2. The first-order valence-electron chi connectivity index (χ1n) is 7.09. The molecule has 0 amide bonds. The molecule has 3 unspecified atom stereocenters. The van der Waals surface area contributed by atoms with E-state index in [1.807, 2.05) is 6.07 Å². The summed E-state index contributed by atoms with van der Waals surface area (Å²) < 4.78 is 11.6. The van der Waals surface area contributed by atoms with Gasteiger partial charge in [-0.05, 0) is 23.8 Å². The molecule has 0 saturated carbocycles. The monoisotopic (exact) mass is 265 g/mol. The van der Waals surface area contributed by atoms with Gasteiger partial charge in [0, 0.05) is 28.8 Å². The topological polar surface area (TPSA) is 34.4 Å². The number of fused-ring (bicyclic) bond motifs is 5. The minimum absolute atomic E-state index is 0.0622. The smallest absolute Gasteiger partial charge is 0.132 e. The van der Waals surface area contributed by atoms with Crippen LogP contribution in [0.3, 0.4) is 0 Å². The molecule has 3 atom stereocenters. The number of ether oxygens (including phenoxy) is 1. The Morgan fingerprint density at radius 3 is 3.10 bits per heavy atom. The summed E-state index contributed by atoms with van der Waals surface area (Å²) in [4.78, 5) is 0. The van der Waals surface area contributed by atoms with E-state index >= 15 is 0 Å². The van der Waals surface area contributed by atoms with E-state index in [-0.39, 0.29) is 11.5 Å². The predicted octanol–water partition coefficient (Wildman–Crippen LogP) is 1.23. The molecule has 100 valence electrons. The van der Waals surface area contributed by atoms with Crippen LogP contribution in [-0.4, -0.2) is 19.3 Å². The van der Waals surface area contributed by atoms with Crippen LogP contribution in [0.1, 0.15) is 5.56 Å². The maximum Gasteiger partial charge on any atom is 0.132 e. The van der Waals surface area contributed by atoms with Crippen molar-refractivity contribution in [3.8, 4) is 0 Å². The summed E-state index contributed by atoms with van der Waals surface area (Å²) in [7, 11) is 0. The lowest BCUT2D eigenvalue weighted by Gasteiger charge is -2.29. The van der Waals surface area contributed by atoms with E-state index in [1.165, 1.54) is 16.5 Å². The molecule has 3 heterocycles. The van der Waals surface area contributed by atoms with Crippen molar-refractivity contribution in [2.75, 3.05) is 18.5 Å². The van der Waals surface area contributed by atoms with Crippen molar-refractivity contribution in [1.82, 2.24) is 0 Å². The Kier molecular flexibility index (Phi) is 1.91. The van der Waals surface area contributed by atoms with E-state index in [0.717, 1.165) is 18.6 Å². The second-order valence-corrected chi connectivity index (χ2v) is 5.93. The number of anilines is 1. The van der Waals surface area contributed by atoms with Crippen molar-refractivity contribution in [3.63, 3.8) is 0 Å². The van der Waals surface area contributed by atoms with E-state index in [9.17, 15) is 0 Å². The quantitative estimate of drug-likeness (QED) is 0.778. The van der Waals surface area contributed by atoms with E-state index in [1.54, 1.807) is 6.26 Å². The summed E-state index contributed by atoms with van der Waals surface area (Å²) in [5.74, 6) is 0.378. The zero-order chi connectivity index (χ0) is 13.2. The maximum absolute atomic E-state index is 6.09. The van der Waals surface area contributed by atoms with Crippen molar-refractivity contribution in [2.24, 2.45) is 5.92 Å². The second kappa shape index (κ2) is 3.55. The van der Waals surface area contributed by atoms with E-state index in [2.05, 4.69) is 41.7 Å². The van der Waals surface area contributed by atoms with Gasteiger partial charge < -0.3 is 14.5 Å². The molecule has 0 bridgehead atoms. The molecule has 1 N–H and O–H groups in total. The molecule has 2 aliphatic heterocycles. The van der Waals surface area contributed by atoms with E-state index < -0.39 is 0 Å². The number of furan rings is 1. The molecular weight excluding hydrogens is 250 g/mol. The van der Waals surface area contributed by atoms with Crippen molar-refractivity contribution in [2.45, 2.75) is 11.5 Å². The van der Waals surface area contributed by atoms with Crippen molar-refractivity contribution in [1.29, 1.82) is 0 Å². The molecule has 0 radical (unpaired) electrons. The highest BCUT2D eigenvalue weighted by atomic mass is 16.5. The Labute approximate surface area is 116 Å². The van der Waals surface area contributed by atoms with Gasteiger partial charge in [0.15, 0.2) is 0 Å². The van der Waals surface area contributed by atoms with Gasteiger partial charge in [-0.25, -0.2) is 0 Å². The Balaban J connectivity index is 1.72. The standard InChI is InChI=1S/C17H15NO2/c1-2-4-14-12(3-1)17(9-18-14)10-20-16-8-15-11(5-6-19-15)7-13(16)17/h1-8,13,16,18H,9-10H2. The lowest BCUT2D eigenvalue weighted by molar-refractivity contribution is 0.140. The first-order chi connectivity index (χ1) is 9.87. The molecule has 1 spiro atoms. The Morgan fingerprint density at radius 2 is 2.10 bits per heavy atom. The zero-order valence-corrected chi connectivity index (χ0v) is 11.0. The van der Waals surface area contributed by atoms with Crippen LogP contribution in [0, 0.1) is 5.92 Å². The van der Waals surface area contributed by atoms with Gasteiger partial charge in [-0.2, -0.15) is 0 Å².